The van der Waals surface area contributed by atoms with Crippen molar-refractivity contribution in [2.24, 2.45) is 0 Å². The van der Waals surface area contributed by atoms with Crippen molar-refractivity contribution in [1.82, 2.24) is 4.98 Å². The minimum absolute atomic E-state index is 0.116. The van der Waals surface area contributed by atoms with E-state index in [1.807, 2.05) is 0 Å². The zero-order valence-corrected chi connectivity index (χ0v) is 8.43. The molecule has 0 aliphatic rings. The average Bonchev–Trinajstić information content (AvgIpc) is 2.26. The van der Waals surface area contributed by atoms with Gasteiger partial charge in [-0.05, 0) is 12.1 Å². The molecule has 2 N–H and O–H groups in total. The lowest BCUT2D eigenvalue weighted by molar-refractivity contribution is -0.116. The first kappa shape index (κ1) is 11.7. The lowest BCUT2D eigenvalue weighted by atomic mass is 10.2. The number of rotatable bonds is 4. The van der Waals surface area contributed by atoms with Crippen molar-refractivity contribution in [3.63, 3.8) is 0 Å². The molecule has 0 saturated carbocycles. The molecule has 1 aromatic rings. The quantitative estimate of drug-likeness (QED) is 0.742. The summed E-state index contributed by atoms with van der Waals surface area (Å²) in [6.07, 6.45) is 6.90. The fraction of sp³-hybridized carbons (Fsp3) is 0.182. The summed E-state index contributed by atoms with van der Waals surface area (Å²) >= 11 is 0. The summed E-state index contributed by atoms with van der Waals surface area (Å²) in [6, 6.07) is 2.80. The minimum Gasteiger partial charge on any atom is -0.477 e. The number of aromatic carboxylic acids is 1. The molecule has 0 bridgehead atoms. The summed E-state index contributed by atoms with van der Waals surface area (Å²) in [7, 11) is 0. The van der Waals surface area contributed by atoms with Gasteiger partial charge in [0.1, 0.15) is 5.69 Å². The summed E-state index contributed by atoms with van der Waals surface area (Å²) in [5.74, 6) is 0.958. The number of aromatic nitrogens is 1. The number of anilines is 1. The van der Waals surface area contributed by atoms with Crippen LogP contribution in [-0.4, -0.2) is 22.0 Å². The first-order chi connectivity index (χ1) is 7.63. The summed E-state index contributed by atoms with van der Waals surface area (Å²) in [5.41, 5.74) is 0.282. The van der Waals surface area contributed by atoms with E-state index in [1.54, 1.807) is 0 Å². The van der Waals surface area contributed by atoms with E-state index in [1.165, 1.54) is 18.3 Å². The van der Waals surface area contributed by atoms with Crippen LogP contribution in [0.25, 0.3) is 0 Å². The maximum absolute atomic E-state index is 11.3. The maximum atomic E-state index is 11.3. The van der Waals surface area contributed by atoms with Gasteiger partial charge < -0.3 is 10.4 Å². The number of carbonyl (C=O) groups is 2. The van der Waals surface area contributed by atoms with Gasteiger partial charge in [-0.15, -0.1) is 12.3 Å². The van der Waals surface area contributed by atoms with Crippen LogP contribution in [0.5, 0.6) is 0 Å². The lowest BCUT2D eigenvalue weighted by Gasteiger charge is -2.03. The monoisotopic (exact) mass is 218 g/mol. The molecule has 0 aliphatic carbocycles. The van der Waals surface area contributed by atoms with Gasteiger partial charge >= 0.3 is 5.97 Å². The fourth-order valence-corrected chi connectivity index (χ4v) is 1.03. The Hall–Kier alpha value is -2.35. The highest BCUT2D eigenvalue weighted by Crippen LogP contribution is 2.08. The van der Waals surface area contributed by atoms with Gasteiger partial charge in [-0.1, -0.05) is 0 Å². The zero-order valence-electron chi connectivity index (χ0n) is 8.43. The third kappa shape index (κ3) is 3.42. The van der Waals surface area contributed by atoms with Crippen LogP contribution in [0, 0.1) is 12.3 Å². The molecule has 5 nitrogen and oxygen atoms in total. The van der Waals surface area contributed by atoms with Crippen molar-refractivity contribution in [1.29, 1.82) is 0 Å². The normalized spacial score (nSPS) is 9.19. The summed E-state index contributed by atoms with van der Waals surface area (Å²) in [6.45, 7) is 0. The molecule has 0 saturated heterocycles. The molecule has 0 atom stereocenters. The Labute approximate surface area is 92.5 Å². The van der Waals surface area contributed by atoms with Gasteiger partial charge in [-0.3, -0.25) is 4.79 Å². The third-order valence-corrected chi connectivity index (χ3v) is 1.76. The second kappa shape index (κ2) is 5.51. The predicted octanol–water partition coefficient (Wildman–Crippen LogP) is 1.13. The molecule has 0 radical (unpaired) electrons. The molecule has 1 aromatic heterocycles. The molecule has 0 aromatic carbocycles. The Morgan fingerprint density at radius 2 is 2.31 bits per heavy atom. The number of hydrogen-bond acceptors (Lipinski definition) is 3. The van der Waals surface area contributed by atoms with Crippen molar-refractivity contribution in [3.8, 4) is 12.3 Å². The Morgan fingerprint density at radius 1 is 1.56 bits per heavy atom. The number of hydrogen-bond donors (Lipinski definition) is 2. The number of pyridine rings is 1. The number of nitrogens with one attached hydrogen (secondary N) is 1. The van der Waals surface area contributed by atoms with Crippen LogP contribution in [0.4, 0.5) is 5.69 Å². The molecule has 5 heteroatoms. The van der Waals surface area contributed by atoms with Crippen molar-refractivity contribution >= 4 is 17.6 Å². The van der Waals surface area contributed by atoms with Crippen LogP contribution in [0.1, 0.15) is 23.3 Å². The largest absolute Gasteiger partial charge is 0.477 e. The molecule has 16 heavy (non-hydrogen) atoms. The van der Waals surface area contributed by atoms with E-state index in [0.717, 1.165) is 0 Å². The predicted molar refractivity (Wildman–Crippen MR) is 57.9 cm³/mol. The van der Waals surface area contributed by atoms with E-state index in [9.17, 15) is 9.59 Å². The number of carbonyl (C=O) groups excluding carboxylic acids is 1. The lowest BCUT2D eigenvalue weighted by Crippen LogP contribution is -2.11. The first-order valence-electron chi connectivity index (χ1n) is 4.56. The molecule has 1 heterocycles. The number of terminal acetylenes is 1. The van der Waals surface area contributed by atoms with Crippen molar-refractivity contribution in [2.45, 2.75) is 12.8 Å². The maximum Gasteiger partial charge on any atom is 0.354 e. The topological polar surface area (TPSA) is 79.3 Å². The van der Waals surface area contributed by atoms with Gasteiger partial charge in [0.25, 0.3) is 0 Å². The Kier molecular flexibility index (Phi) is 4.04. The average molecular weight is 218 g/mol. The Morgan fingerprint density at radius 3 is 2.94 bits per heavy atom. The zero-order chi connectivity index (χ0) is 12.0. The van der Waals surface area contributed by atoms with Crippen LogP contribution in [0.3, 0.4) is 0 Å². The molecule has 0 fully saturated rings. The van der Waals surface area contributed by atoms with Crippen LogP contribution in [0.2, 0.25) is 0 Å². The van der Waals surface area contributed by atoms with E-state index in [4.69, 9.17) is 11.5 Å². The highest BCUT2D eigenvalue weighted by atomic mass is 16.4. The van der Waals surface area contributed by atoms with Gasteiger partial charge in [0.05, 0.1) is 0 Å². The molecule has 0 unspecified atom stereocenters. The van der Waals surface area contributed by atoms with E-state index in [2.05, 4.69) is 16.2 Å². The number of carboxylic acids is 1. The molecule has 0 spiro atoms. The smallest absolute Gasteiger partial charge is 0.354 e. The highest BCUT2D eigenvalue weighted by Gasteiger charge is 2.06. The molecular formula is C11H10N2O3. The van der Waals surface area contributed by atoms with Gasteiger partial charge in [0.15, 0.2) is 0 Å². The van der Waals surface area contributed by atoms with Crippen LogP contribution >= 0.6 is 0 Å². The van der Waals surface area contributed by atoms with E-state index < -0.39 is 5.97 Å². The van der Waals surface area contributed by atoms with Gasteiger partial charge in [0.2, 0.25) is 5.91 Å². The molecule has 82 valence electrons. The molecular weight excluding hydrogens is 208 g/mol. The van der Waals surface area contributed by atoms with Gasteiger partial charge in [-0.25, -0.2) is 9.78 Å². The third-order valence-electron chi connectivity index (χ3n) is 1.76. The SMILES string of the molecule is C#CCCC(=O)Nc1ccnc(C(=O)O)c1. The molecule has 1 rings (SSSR count). The number of carboxylic acid groups (broad SMARTS) is 1. The Bertz CT molecular complexity index is 449. The number of amides is 1. The van der Waals surface area contributed by atoms with Crippen LogP contribution in [0.15, 0.2) is 18.3 Å². The standard InChI is InChI=1S/C11H10N2O3/c1-2-3-4-10(14)13-8-5-6-12-9(7-8)11(15)16/h1,5-7H,3-4H2,(H,15,16)(H,12,13,14). The highest BCUT2D eigenvalue weighted by molar-refractivity contribution is 5.92. The van der Waals surface area contributed by atoms with Crippen molar-refractivity contribution in [3.05, 3.63) is 24.0 Å². The van der Waals surface area contributed by atoms with Gasteiger partial charge in [0, 0.05) is 24.7 Å². The second-order valence-corrected chi connectivity index (χ2v) is 2.99. The minimum atomic E-state index is -1.14. The summed E-state index contributed by atoms with van der Waals surface area (Å²) < 4.78 is 0. The number of nitrogens with zero attached hydrogens (tertiary/aromatic N) is 1. The second-order valence-electron chi connectivity index (χ2n) is 2.99. The van der Waals surface area contributed by atoms with E-state index >= 15 is 0 Å². The van der Waals surface area contributed by atoms with Gasteiger partial charge in [-0.2, -0.15) is 0 Å². The van der Waals surface area contributed by atoms with E-state index in [-0.39, 0.29) is 18.0 Å². The summed E-state index contributed by atoms with van der Waals surface area (Å²) in [5, 5.41) is 11.2. The van der Waals surface area contributed by atoms with E-state index in [0.29, 0.717) is 12.1 Å². The van der Waals surface area contributed by atoms with Crippen molar-refractivity contribution in [2.75, 3.05) is 5.32 Å². The first-order valence-corrected chi connectivity index (χ1v) is 4.56. The molecule has 0 aliphatic heterocycles. The Balaban J connectivity index is 2.67. The van der Waals surface area contributed by atoms with Crippen molar-refractivity contribution < 1.29 is 14.7 Å². The fourth-order valence-electron chi connectivity index (χ4n) is 1.03. The molecule has 1 amide bonds. The van der Waals surface area contributed by atoms with Crippen LogP contribution < -0.4 is 5.32 Å². The summed E-state index contributed by atoms with van der Waals surface area (Å²) in [4.78, 5) is 25.5. The van der Waals surface area contributed by atoms with Crippen LogP contribution in [-0.2, 0) is 4.79 Å².